The van der Waals surface area contributed by atoms with Crippen molar-refractivity contribution in [3.05, 3.63) is 29.6 Å². The first kappa shape index (κ1) is 21.7. The number of rotatable bonds is 8. The van der Waals surface area contributed by atoms with Crippen LogP contribution >= 0.6 is 0 Å². The molecule has 1 rings (SSSR count). The van der Waals surface area contributed by atoms with E-state index in [9.17, 15) is 35.6 Å². The van der Waals surface area contributed by atoms with Crippen molar-refractivity contribution in [3.63, 3.8) is 0 Å². The van der Waals surface area contributed by atoms with Gasteiger partial charge >= 0.3 is 12.1 Å². The third-order valence-corrected chi connectivity index (χ3v) is 4.16. The molecule has 2 N–H and O–H groups in total. The summed E-state index contributed by atoms with van der Waals surface area (Å²) in [4.78, 5) is 22.5. The zero-order valence-electron chi connectivity index (χ0n) is 13.5. The summed E-state index contributed by atoms with van der Waals surface area (Å²) in [5.74, 6) is -3.55. The van der Waals surface area contributed by atoms with Crippen LogP contribution in [0.2, 0.25) is 0 Å². The molecule has 0 radical (unpaired) electrons. The lowest BCUT2D eigenvalue weighted by Gasteiger charge is -2.14. The SMILES string of the molecule is CCOC(=O)CNC(=O)CCS(=O)(=O)Nc1ccc(F)cc1C(F)(F)F. The number of alkyl halides is 3. The van der Waals surface area contributed by atoms with Crippen LogP contribution in [-0.4, -0.2) is 39.2 Å². The maximum Gasteiger partial charge on any atom is 0.418 e. The molecule has 0 spiro atoms. The van der Waals surface area contributed by atoms with Gasteiger partial charge in [0, 0.05) is 6.42 Å². The van der Waals surface area contributed by atoms with Gasteiger partial charge in [-0.15, -0.1) is 0 Å². The maximum atomic E-state index is 13.0. The lowest BCUT2D eigenvalue weighted by molar-refractivity contribution is -0.143. The summed E-state index contributed by atoms with van der Waals surface area (Å²) in [6, 6.07) is 1.46. The predicted molar refractivity (Wildman–Crippen MR) is 83.1 cm³/mol. The second-order valence-corrected chi connectivity index (χ2v) is 6.78. The number of hydrogen-bond acceptors (Lipinski definition) is 5. The molecule has 1 aromatic rings. The fraction of sp³-hybridized carbons (Fsp3) is 0.429. The Balaban J connectivity index is 2.70. The average molecular weight is 400 g/mol. The summed E-state index contributed by atoms with van der Waals surface area (Å²) in [5, 5.41) is 2.11. The standard InChI is InChI=1S/C14H16F4N2O5S/c1-2-25-13(22)8-19-12(21)5-6-26(23,24)20-11-4-3-9(15)7-10(11)14(16,17)18/h3-4,7,20H,2,5-6,8H2,1H3,(H,19,21). The number of amides is 1. The highest BCUT2D eigenvalue weighted by molar-refractivity contribution is 7.92. The van der Waals surface area contributed by atoms with Crippen molar-refractivity contribution in [2.24, 2.45) is 0 Å². The molecular formula is C14H16F4N2O5S. The fourth-order valence-corrected chi connectivity index (χ4v) is 2.83. The number of ether oxygens (including phenoxy) is 1. The van der Waals surface area contributed by atoms with Gasteiger partial charge in [0.1, 0.15) is 12.4 Å². The van der Waals surface area contributed by atoms with E-state index >= 15 is 0 Å². The largest absolute Gasteiger partial charge is 0.465 e. The second kappa shape index (κ2) is 8.83. The number of nitrogens with one attached hydrogen (secondary N) is 2. The number of carbonyl (C=O) groups excluding carboxylic acids is 2. The van der Waals surface area contributed by atoms with E-state index in [0.29, 0.717) is 12.1 Å². The molecule has 0 saturated heterocycles. The van der Waals surface area contributed by atoms with Crippen molar-refractivity contribution in [3.8, 4) is 0 Å². The summed E-state index contributed by atoms with van der Waals surface area (Å²) in [5.41, 5.74) is -2.35. The number of hydrogen-bond donors (Lipinski definition) is 2. The molecule has 0 aliphatic heterocycles. The van der Waals surface area contributed by atoms with Gasteiger partial charge in [0.25, 0.3) is 0 Å². The number of benzene rings is 1. The Hall–Kier alpha value is -2.37. The van der Waals surface area contributed by atoms with Gasteiger partial charge in [0.15, 0.2) is 0 Å². The quantitative estimate of drug-likeness (QED) is 0.511. The minimum atomic E-state index is -4.98. The summed E-state index contributed by atoms with van der Waals surface area (Å²) in [7, 11) is -4.32. The first-order valence-electron chi connectivity index (χ1n) is 7.24. The van der Waals surface area contributed by atoms with Crippen molar-refractivity contribution in [1.82, 2.24) is 5.32 Å². The van der Waals surface area contributed by atoms with E-state index in [-0.39, 0.29) is 12.7 Å². The van der Waals surface area contributed by atoms with Gasteiger partial charge in [0.2, 0.25) is 15.9 Å². The third-order valence-electron chi connectivity index (χ3n) is 2.89. The monoisotopic (exact) mass is 400 g/mol. The zero-order valence-corrected chi connectivity index (χ0v) is 14.3. The normalized spacial score (nSPS) is 11.7. The van der Waals surface area contributed by atoms with Crippen LogP contribution < -0.4 is 10.0 Å². The molecule has 26 heavy (non-hydrogen) atoms. The van der Waals surface area contributed by atoms with Crippen LogP contribution in [0, 0.1) is 5.82 Å². The number of halogens is 4. The number of esters is 1. The van der Waals surface area contributed by atoms with E-state index in [1.807, 2.05) is 0 Å². The van der Waals surface area contributed by atoms with Crippen molar-refractivity contribution < 1.29 is 40.3 Å². The van der Waals surface area contributed by atoms with Gasteiger partial charge in [0.05, 0.1) is 23.6 Å². The fourth-order valence-electron chi connectivity index (χ4n) is 1.76. The Morgan fingerprint density at radius 3 is 2.46 bits per heavy atom. The zero-order chi connectivity index (χ0) is 20.0. The highest BCUT2D eigenvalue weighted by atomic mass is 32.2. The van der Waals surface area contributed by atoms with Crippen LogP contribution in [-0.2, 0) is 30.5 Å². The van der Waals surface area contributed by atoms with E-state index in [2.05, 4.69) is 10.1 Å². The van der Waals surface area contributed by atoms with Crippen molar-refractivity contribution in [2.45, 2.75) is 19.5 Å². The molecule has 1 amide bonds. The van der Waals surface area contributed by atoms with Crippen molar-refractivity contribution >= 4 is 27.6 Å². The average Bonchev–Trinajstić information content (AvgIpc) is 2.52. The smallest absolute Gasteiger partial charge is 0.418 e. The summed E-state index contributed by atoms with van der Waals surface area (Å²) < 4.78 is 81.5. The van der Waals surface area contributed by atoms with Crippen LogP contribution in [0.5, 0.6) is 0 Å². The van der Waals surface area contributed by atoms with Crippen molar-refractivity contribution in [1.29, 1.82) is 0 Å². The Bertz CT molecular complexity index is 765. The summed E-state index contributed by atoms with van der Waals surface area (Å²) in [6.45, 7) is 1.20. The third kappa shape index (κ3) is 7.25. The van der Waals surface area contributed by atoms with E-state index in [1.54, 1.807) is 11.6 Å². The Kier molecular flexibility index (Phi) is 7.36. The first-order chi connectivity index (χ1) is 11.9. The van der Waals surface area contributed by atoms with Gasteiger partial charge in [-0.25, -0.2) is 12.8 Å². The number of anilines is 1. The van der Waals surface area contributed by atoms with E-state index < -0.39 is 63.9 Å². The highest BCUT2D eigenvalue weighted by Crippen LogP contribution is 2.35. The van der Waals surface area contributed by atoms with Crippen LogP contribution in [0.3, 0.4) is 0 Å². The van der Waals surface area contributed by atoms with Crippen LogP contribution in [0.25, 0.3) is 0 Å². The molecule has 0 aromatic heterocycles. The Morgan fingerprint density at radius 2 is 1.88 bits per heavy atom. The second-order valence-electron chi connectivity index (χ2n) is 4.94. The highest BCUT2D eigenvalue weighted by Gasteiger charge is 2.35. The van der Waals surface area contributed by atoms with E-state index in [1.165, 1.54) is 0 Å². The topological polar surface area (TPSA) is 102 Å². The molecule has 0 aliphatic carbocycles. The van der Waals surface area contributed by atoms with Gasteiger partial charge in [-0.3, -0.25) is 14.3 Å². The Labute approximate surface area is 146 Å². The lowest BCUT2D eigenvalue weighted by atomic mass is 10.2. The molecule has 0 fully saturated rings. The van der Waals surface area contributed by atoms with Crippen LogP contribution in [0.4, 0.5) is 23.2 Å². The molecule has 12 heteroatoms. The Morgan fingerprint density at radius 1 is 1.23 bits per heavy atom. The molecule has 0 bridgehead atoms. The molecule has 7 nitrogen and oxygen atoms in total. The molecule has 0 atom stereocenters. The minimum Gasteiger partial charge on any atom is -0.465 e. The van der Waals surface area contributed by atoms with Crippen molar-refractivity contribution in [2.75, 3.05) is 23.6 Å². The van der Waals surface area contributed by atoms with E-state index in [4.69, 9.17) is 0 Å². The summed E-state index contributed by atoms with van der Waals surface area (Å²) in [6.07, 6.45) is -5.58. The lowest BCUT2D eigenvalue weighted by Crippen LogP contribution is -2.32. The van der Waals surface area contributed by atoms with Gasteiger partial charge < -0.3 is 10.1 Å². The van der Waals surface area contributed by atoms with Gasteiger partial charge in [-0.1, -0.05) is 0 Å². The first-order valence-corrected chi connectivity index (χ1v) is 8.89. The van der Waals surface area contributed by atoms with Crippen LogP contribution in [0.1, 0.15) is 18.9 Å². The van der Waals surface area contributed by atoms with Gasteiger partial charge in [-0.05, 0) is 25.1 Å². The molecule has 0 saturated carbocycles. The molecule has 146 valence electrons. The maximum absolute atomic E-state index is 13.0. The number of carbonyl (C=O) groups is 2. The number of sulfonamides is 1. The van der Waals surface area contributed by atoms with Crippen LogP contribution in [0.15, 0.2) is 18.2 Å². The minimum absolute atomic E-state index is 0.103. The molecule has 0 aliphatic rings. The van der Waals surface area contributed by atoms with E-state index in [0.717, 1.165) is 0 Å². The predicted octanol–water partition coefficient (Wildman–Crippen LogP) is 1.66. The van der Waals surface area contributed by atoms with Gasteiger partial charge in [-0.2, -0.15) is 13.2 Å². The molecule has 1 aromatic carbocycles. The summed E-state index contributed by atoms with van der Waals surface area (Å²) >= 11 is 0. The molecule has 0 unspecified atom stereocenters. The molecule has 0 heterocycles. The molecular weight excluding hydrogens is 384 g/mol.